The topological polar surface area (TPSA) is 91.8 Å². The number of hydrogen-bond donors (Lipinski definition) is 0. The molecular weight excluding hydrogens is 1550 g/mol. The van der Waals surface area contributed by atoms with Crippen LogP contribution in [-0.4, -0.2) is 0 Å². The summed E-state index contributed by atoms with van der Waals surface area (Å²) in [4.78, 5) is 9.46. The van der Waals surface area contributed by atoms with Crippen LogP contribution in [0.2, 0.25) is 0 Å². The third-order valence-electron chi connectivity index (χ3n) is 26.0. The van der Waals surface area contributed by atoms with Crippen LogP contribution >= 0.6 is 0 Å². The van der Waals surface area contributed by atoms with Crippen molar-refractivity contribution in [1.82, 2.24) is 0 Å². The Morgan fingerprint density at radius 1 is 0.175 bits per heavy atom. The Kier molecular flexibility index (Phi) is 15.7. The number of para-hydroxylation sites is 7. The molecule has 26 rings (SSSR count). The van der Waals surface area contributed by atoms with Crippen molar-refractivity contribution >= 4 is 243 Å². The maximum absolute atomic E-state index is 7.55. The van der Waals surface area contributed by atoms with Crippen molar-refractivity contribution in [2.45, 2.75) is 27.2 Å². The Hall–Kier alpha value is -16.6. The van der Waals surface area contributed by atoms with Gasteiger partial charge >= 0.3 is 0 Å². The third-order valence-corrected chi connectivity index (χ3v) is 26.0. The number of anilines is 12. The molecule has 0 N–H and O–H groups in total. The highest BCUT2D eigenvalue weighted by Gasteiger charge is 2.32. The molecule has 0 aliphatic heterocycles. The van der Waals surface area contributed by atoms with E-state index in [4.69, 9.17) is 26.5 Å². The van der Waals surface area contributed by atoms with E-state index in [0.29, 0.717) is 6.42 Å². The van der Waals surface area contributed by atoms with Gasteiger partial charge in [0, 0.05) is 133 Å². The molecule has 10 heteroatoms. The van der Waals surface area contributed by atoms with Gasteiger partial charge in [-0.15, -0.1) is 0 Å². The molecule has 0 atom stereocenters. The van der Waals surface area contributed by atoms with Crippen LogP contribution in [-0.2, 0) is 6.42 Å². The zero-order valence-corrected chi connectivity index (χ0v) is 68.8. The van der Waals surface area contributed by atoms with E-state index in [-0.39, 0.29) is 0 Å². The highest BCUT2D eigenvalue weighted by atomic mass is 16.4. The smallest absolute Gasteiger partial charge is 0.159 e. The molecule has 594 valence electrons. The van der Waals surface area contributed by atoms with Crippen LogP contribution in [0.15, 0.2) is 409 Å². The fourth-order valence-corrected chi connectivity index (χ4v) is 20.4. The summed E-state index contributed by atoms with van der Waals surface area (Å²) >= 11 is 0. The molecule has 0 aliphatic rings. The molecule has 0 spiro atoms. The van der Waals surface area contributed by atoms with Gasteiger partial charge in [-0.1, -0.05) is 272 Å². The molecule has 0 saturated heterocycles. The number of benzene rings is 20. The molecule has 126 heavy (non-hydrogen) atoms. The zero-order chi connectivity index (χ0) is 83.1. The molecule has 0 saturated carbocycles. The molecular formula is C116H74N4O6. The SMILES string of the molecule is Cc1ccc(N(c2cc3oc4cc(N(c5ccc(C)cc5)c5ccc(Cc6cccc(N(c7cc8oc9cc(N(c%10cccc(C)c%10)c%10cccc%11c%10oc%10ccccc%10%11)c%10ccccc%10c9c8c8ccccc78)c7cccc8c7oc7ccccc78)c6)c6c5oc5ccccc56)c5ccccc5c4c3c3ccccc23)c2cccc3c2oc2ccccc23)cc1. The maximum atomic E-state index is 7.55. The van der Waals surface area contributed by atoms with Crippen molar-refractivity contribution < 1.29 is 26.5 Å². The van der Waals surface area contributed by atoms with Crippen molar-refractivity contribution in [2.75, 3.05) is 19.6 Å². The standard InChI is InChI=1S/C116H74N4O6/c1-68-51-56-73(57-52-68)117(92-44-22-41-88-81-33-12-16-47-100(81)123-113(88)92)96-64-104-109(84-36-8-4-29-77(84)96)110-85-37-9-5-30-78(85)97(65-105(110)121-104)118(74-58-53-69(2)54-59-74)95-60-55-72(108-91-40-15-19-50-103(91)126-116(95)108)62-71-26-21-28-76(63-71)120(94-46-24-43-90-83-35-14-18-49-102(83)125-115(90)94)99-67-107-112(87-39-11-7-32-80(87)99)111-86-38-10-6-31-79(86)98(66-106(111)122-107)119(75-27-20-25-70(3)61-75)93-45-23-42-89-82-34-13-17-48-101(82)124-114(89)93/h4-61,63-67H,62H2,1-3H3. The summed E-state index contributed by atoms with van der Waals surface area (Å²) in [6.45, 7) is 6.42. The van der Waals surface area contributed by atoms with Crippen LogP contribution in [0.25, 0.3) is 175 Å². The van der Waals surface area contributed by atoms with Gasteiger partial charge in [0.2, 0.25) is 0 Å². The van der Waals surface area contributed by atoms with E-state index in [1.807, 2.05) is 18.2 Å². The van der Waals surface area contributed by atoms with Gasteiger partial charge in [-0.2, -0.15) is 0 Å². The molecule has 0 unspecified atom stereocenters. The van der Waals surface area contributed by atoms with Crippen molar-refractivity contribution in [1.29, 1.82) is 0 Å². The summed E-state index contributed by atoms with van der Waals surface area (Å²) in [6, 6.07) is 137. The van der Waals surface area contributed by atoms with Gasteiger partial charge in [0.05, 0.1) is 45.5 Å². The van der Waals surface area contributed by atoms with E-state index in [9.17, 15) is 0 Å². The largest absolute Gasteiger partial charge is 0.456 e. The van der Waals surface area contributed by atoms with Crippen molar-refractivity contribution in [2.24, 2.45) is 0 Å². The van der Waals surface area contributed by atoms with Gasteiger partial charge in [-0.05, 0) is 162 Å². The van der Waals surface area contributed by atoms with Gasteiger partial charge in [0.25, 0.3) is 0 Å². The number of hydrogen-bond acceptors (Lipinski definition) is 10. The minimum absolute atomic E-state index is 0.559. The molecule has 0 radical (unpaired) electrons. The van der Waals surface area contributed by atoms with Crippen LogP contribution in [0.3, 0.4) is 0 Å². The van der Waals surface area contributed by atoms with Gasteiger partial charge < -0.3 is 46.1 Å². The molecule has 20 aromatic carbocycles. The average Bonchev–Trinajstić information content (AvgIpc) is 1.53. The summed E-state index contributed by atoms with van der Waals surface area (Å²) in [7, 11) is 0. The number of fused-ring (bicyclic) bond motifs is 26. The first-order valence-electron chi connectivity index (χ1n) is 42.9. The Morgan fingerprint density at radius 2 is 0.476 bits per heavy atom. The summed E-state index contributed by atoms with van der Waals surface area (Å²) in [5, 5.41) is 21.0. The second-order valence-electron chi connectivity index (χ2n) is 33.5. The normalized spacial score (nSPS) is 12.1. The van der Waals surface area contributed by atoms with Crippen molar-refractivity contribution in [3.63, 3.8) is 0 Å². The highest BCUT2D eigenvalue weighted by Crippen LogP contribution is 2.56. The van der Waals surface area contributed by atoms with E-state index in [2.05, 4.69) is 404 Å². The van der Waals surface area contributed by atoms with Gasteiger partial charge in [0.1, 0.15) is 44.7 Å². The van der Waals surface area contributed by atoms with Gasteiger partial charge in [0.15, 0.2) is 22.3 Å². The van der Waals surface area contributed by atoms with Crippen molar-refractivity contribution in [3.8, 4) is 0 Å². The van der Waals surface area contributed by atoms with Crippen LogP contribution < -0.4 is 19.6 Å². The Morgan fingerprint density at radius 3 is 0.865 bits per heavy atom. The first-order valence-corrected chi connectivity index (χ1v) is 42.9. The average molecular weight is 1620 g/mol. The zero-order valence-electron chi connectivity index (χ0n) is 68.8. The summed E-state index contributed by atoms with van der Waals surface area (Å²) in [5.41, 5.74) is 26.5. The fraction of sp³-hybridized carbons (Fsp3) is 0.0345. The lowest BCUT2D eigenvalue weighted by molar-refractivity contribution is 0.667. The molecule has 0 bridgehead atoms. The highest BCUT2D eigenvalue weighted by molar-refractivity contribution is 6.33. The molecule has 26 aromatic rings. The summed E-state index contributed by atoms with van der Waals surface area (Å²) in [5.74, 6) is 0. The number of aryl methyl sites for hydroxylation is 3. The fourth-order valence-electron chi connectivity index (χ4n) is 20.4. The van der Waals surface area contributed by atoms with Crippen molar-refractivity contribution in [3.05, 3.63) is 410 Å². The monoisotopic (exact) mass is 1620 g/mol. The predicted molar refractivity (Wildman–Crippen MR) is 522 cm³/mol. The van der Waals surface area contributed by atoms with E-state index in [1.54, 1.807) is 0 Å². The minimum Gasteiger partial charge on any atom is -0.456 e. The van der Waals surface area contributed by atoms with Gasteiger partial charge in [-0.25, -0.2) is 0 Å². The lowest BCUT2D eigenvalue weighted by Crippen LogP contribution is -2.12. The lowest BCUT2D eigenvalue weighted by atomic mass is 9.95. The third kappa shape index (κ3) is 10.9. The number of nitrogens with zero attached hydrogens (tertiary/aromatic N) is 4. The Bertz CT molecular complexity index is 9050. The van der Waals surface area contributed by atoms with E-state index in [1.165, 1.54) is 5.56 Å². The molecule has 6 heterocycles. The maximum Gasteiger partial charge on any atom is 0.159 e. The van der Waals surface area contributed by atoms with Crippen LogP contribution in [0, 0.1) is 20.8 Å². The quantitative estimate of drug-likeness (QED) is 0.105. The van der Waals surface area contributed by atoms with Gasteiger partial charge in [-0.3, -0.25) is 0 Å². The van der Waals surface area contributed by atoms with E-state index in [0.717, 1.165) is 265 Å². The molecule has 0 aliphatic carbocycles. The lowest BCUT2D eigenvalue weighted by Gasteiger charge is -2.28. The minimum atomic E-state index is 0.559. The first-order chi connectivity index (χ1) is 62.2. The summed E-state index contributed by atoms with van der Waals surface area (Å²) < 4.78 is 43.3. The van der Waals surface area contributed by atoms with Crippen LogP contribution in [0.5, 0.6) is 0 Å². The second kappa shape index (κ2) is 27.7. The Balaban J connectivity index is 0.641. The molecule has 6 aromatic heterocycles. The second-order valence-corrected chi connectivity index (χ2v) is 33.5. The Labute approximate surface area is 721 Å². The summed E-state index contributed by atoms with van der Waals surface area (Å²) in [6.07, 6.45) is 0.559. The number of furan rings is 6. The number of rotatable bonds is 14. The van der Waals surface area contributed by atoms with Crippen LogP contribution in [0.1, 0.15) is 27.8 Å². The molecule has 0 fully saturated rings. The molecule has 0 amide bonds. The molecule has 10 nitrogen and oxygen atoms in total. The van der Waals surface area contributed by atoms with E-state index < -0.39 is 0 Å². The van der Waals surface area contributed by atoms with Crippen LogP contribution in [0.4, 0.5) is 68.2 Å². The first kappa shape index (κ1) is 71.2. The van der Waals surface area contributed by atoms with E-state index >= 15 is 0 Å². The predicted octanol–water partition coefficient (Wildman–Crippen LogP) is 34.1.